The lowest BCUT2D eigenvalue weighted by molar-refractivity contribution is 0.0300. The van der Waals surface area contributed by atoms with Crippen LogP contribution in [0.2, 0.25) is 0 Å². The first-order valence-electron chi connectivity index (χ1n) is 6.87. The zero-order chi connectivity index (χ0) is 16.2. The molecule has 0 atom stereocenters. The van der Waals surface area contributed by atoms with Gasteiger partial charge in [0.2, 0.25) is 0 Å². The number of hydrogen-bond acceptors (Lipinski definition) is 3. The maximum absolute atomic E-state index is 11.8. The van der Waals surface area contributed by atoms with Gasteiger partial charge in [-0.05, 0) is 51.3 Å². The van der Waals surface area contributed by atoms with E-state index in [1.54, 1.807) is 26.1 Å². The Bertz CT molecular complexity index is 532. The van der Waals surface area contributed by atoms with Crippen molar-refractivity contribution in [3.05, 3.63) is 34.9 Å². The van der Waals surface area contributed by atoms with Gasteiger partial charge in [0.25, 0.3) is 0 Å². The monoisotopic (exact) mass is 293 g/mol. The smallest absolute Gasteiger partial charge is 0.410 e. The number of carbonyl (C=O) groups is 2. The summed E-state index contributed by atoms with van der Waals surface area (Å²) in [7, 11) is 1.67. The Morgan fingerprint density at radius 3 is 2.43 bits per heavy atom. The van der Waals surface area contributed by atoms with Gasteiger partial charge >= 0.3 is 12.1 Å². The standard InChI is InChI=1S/C16H23NO4/c1-11-12(7-6-8-13(11)14(18)19)9-10-17(5)15(20)21-16(2,3)4/h6-8H,9-10H2,1-5H3,(H,18,19). The number of aromatic carboxylic acids is 1. The second kappa shape index (κ2) is 6.61. The van der Waals surface area contributed by atoms with Crippen molar-refractivity contribution in [2.75, 3.05) is 13.6 Å². The zero-order valence-corrected chi connectivity index (χ0v) is 13.3. The Morgan fingerprint density at radius 1 is 1.29 bits per heavy atom. The van der Waals surface area contributed by atoms with Crippen molar-refractivity contribution in [2.24, 2.45) is 0 Å². The second-order valence-electron chi connectivity index (χ2n) is 6.05. The predicted octanol–water partition coefficient (Wildman–Crippen LogP) is 3.10. The largest absolute Gasteiger partial charge is 0.478 e. The van der Waals surface area contributed by atoms with Crippen LogP contribution in [0.4, 0.5) is 4.79 Å². The molecule has 0 heterocycles. The highest BCUT2D eigenvalue weighted by Gasteiger charge is 2.19. The van der Waals surface area contributed by atoms with Gasteiger partial charge in [-0.3, -0.25) is 0 Å². The molecular weight excluding hydrogens is 270 g/mol. The summed E-state index contributed by atoms with van der Waals surface area (Å²) in [6, 6.07) is 5.18. The molecule has 116 valence electrons. The fourth-order valence-corrected chi connectivity index (χ4v) is 1.91. The van der Waals surface area contributed by atoms with Crippen LogP contribution >= 0.6 is 0 Å². The maximum Gasteiger partial charge on any atom is 0.410 e. The number of carboxylic acid groups (broad SMARTS) is 1. The number of rotatable bonds is 4. The van der Waals surface area contributed by atoms with Crippen LogP contribution in [0.3, 0.4) is 0 Å². The van der Waals surface area contributed by atoms with Gasteiger partial charge in [0.15, 0.2) is 0 Å². The number of nitrogens with zero attached hydrogens (tertiary/aromatic N) is 1. The average Bonchev–Trinajstić information content (AvgIpc) is 2.34. The third kappa shape index (κ3) is 5.10. The molecule has 0 aromatic heterocycles. The maximum atomic E-state index is 11.8. The molecule has 5 heteroatoms. The van der Waals surface area contributed by atoms with Crippen LogP contribution in [0.15, 0.2) is 18.2 Å². The SMILES string of the molecule is Cc1c(CCN(C)C(=O)OC(C)(C)C)cccc1C(=O)O. The molecule has 0 saturated carbocycles. The van der Waals surface area contributed by atoms with Gasteiger partial charge in [0, 0.05) is 13.6 Å². The molecule has 0 aliphatic carbocycles. The summed E-state index contributed by atoms with van der Waals surface area (Å²) >= 11 is 0. The van der Waals surface area contributed by atoms with Crippen molar-refractivity contribution in [1.82, 2.24) is 4.90 Å². The molecule has 1 aromatic carbocycles. The van der Waals surface area contributed by atoms with Crippen molar-refractivity contribution in [1.29, 1.82) is 0 Å². The van der Waals surface area contributed by atoms with E-state index in [2.05, 4.69) is 0 Å². The first kappa shape index (κ1) is 17.0. The molecule has 21 heavy (non-hydrogen) atoms. The highest BCUT2D eigenvalue weighted by molar-refractivity contribution is 5.89. The summed E-state index contributed by atoms with van der Waals surface area (Å²) in [5, 5.41) is 9.10. The summed E-state index contributed by atoms with van der Waals surface area (Å²) in [5.41, 5.74) is 1.44. The molecule has 0 fully saturated rings. The molecule has 0 radical (unpaired) electrons. The minimum absolute atomic E-state index is 0.299. The van der Waals surface area contributed by atoms with Crippen LogP contribution in [0.1, 0.15) is 42.3 Å². The van der Waals surface area contributed by atoms with E-state index in [0.29, 0.717) is 18.5 Å². The second-order valence-corrected chi connectivity index (χ2v) is 6.05. The molecule has 1 amide bonds. The minimum Gasteiger partial charge on any atom is -0.478 e. The Kier molecular flexibility index (Phi) is 5.35. The van der Waals surface area contributed by atoms with E-state index in [1.807, 2.05) is 26.8 Å². The Balaban J connectivity index is 2.70. The van der Waals surface area contributed by atoms with Crippen molar-refractivity contribution < 1.29 is 19.4 Å². The Labute approximate surface area is 125 Å². The fraction of sp³-hybridized carbons (Fsp3) is 0.500. The van der Waals surface area contributed by atoms with E-state index in [9.17, 15) is 9.59 Å². The van der Waals surface area contributed by atoms with Crippen LogP contribution in [-0.4, -0.2) is 41.3 Å². The van der Waals surface area contributed by atoms with E-state index in [-0.39, 0.29) is 6.09 Å². The van der Waals surface area contributed by atoms with Crippen LogP contribution in [0.5, 0.6) is 0 Å². The van der Waals surface area contributed by atoms with Gasteiger partial charge in [-0.1, -0.05) is 12.1 Å². The molecule has 0 aliphatic heterocycles. The summed E-state index contributed by atoms with van der Waals surface area (Å²) in [4.78, 5) is 24.4. The van der Waals surface area contributed by atoms with Gasteiger partial charge in [0.05, 0.1) is 5.56 Å². The molecule has 0 unspecified atom stereocenters. The lowest BCUT2D eigenvalue weighted by Gasteiger charge is -2.24. The van der Waals surface area contributed by atoms with Crippen LogP contribution in [0.25, 0.3) is 0 Å². The lowest BCUT2D eigenvalue weighted by Crippen LogP contribution is -2.35. The molecule has 5 nitrogen and oxygen atoms in total. The Hall–Kier alpha value is -2.04. The van der Waals surface area contributed by atoms with Gasteiger partial charge in [-0.25, -0.2) is 9.59 Å². The number of carbonyl (C=O) groups excluding carboxylic acids is 1. The van der Waals surface area contributed by atoms with E-state index >= 15 is 0 Å². The number of amides is 1. The highest BCUT2D eigenvalue weighted by Crippen LogP contribution is 2.15. The summed E-state index contributed by atoms with van der Waals surface area (Å²) in [5.74, 6) is -0.935. The first-order valence-corrected chi connectivity index (χ1v) is 6.87. The number of benzene rings is 1. The summed E-state index contributed by atoms with van der Waals surface area (Å²) in [6.07, 6.45) is 0.206. The van der Waals surface area contributed by atoms with Crippen molar-refractivity contribution in [3.63, 3.8) is 0 Å². The van der Waals surface area contributed by atoms with E-state index in [0.717, 1.165) is 11.1 Å². The molecule has 1 rings (SSSR count). The number of ether oxygens (including phenoxy) is 1. The number of hydrogen-bond donors (Lipinski definition) is 1. The van der Waals surface area contributed by atoms with Crippen LogP contribution in [-0.2, 0) is 11.2 Å². The van der Waals surface area contributed by atoms with E-state index in [1.165, 1.54) is 4.90 Å². The van der Waals surface area contributed by atoms with Gasteiger partial charge < -0.3 is 14.7 Å². The van der Waals surface area contributed by atoms with Crippen molar-refractivity contribution in [2.45, 2.75) is 39.7 Å². The number of likely N-dealkylation sites (N-methyl/N-ethyl adjacent to an activating group) is 1. The third-order valence-electron chi connectivity index (χ3n) is 3.10. The molecule has 1 N–H and O–H groups in total. The first-order chi connectivity index (χ1) is 9.61. The van der Waals surface area contributed by atoms with Crippen molar-refractivity contribution >= 4 is 12.1 Å². The average molecular weight is 293 g/mol. The lowest BCUT2D eigenvalue weighted by atomic mass is 10.00. The van der Waals surface area contributed by atoms with Gasteiger partial charge in [-0.2, -0.15) is 0 Å². The molecule has 0 saturated heterocycles. The molecule has 1 aromatic rings. The van der Waals surface area contributed by atoms with Crippen LogP contribution < -0.4 is 0 Å². The topological polar surface area (TPSA) is 66.8 Å². The van der Waals surface area contributed by atoms with E-state index in [4.69, 9.17) is 9.84 Å². The molecule has 0 bridgehead atoms. The van der Waals surface area contributed by atoms with Crippen LogP contribution in [0, 0.1) is 6.92 Å². The summed E-state index contributed by atoms with van der Waals surface area (Å²) in [6.45, 7) is 7.71. The highest BCUT2D eigenvalue weighted by atomic mass is 16.6. The zero-order valence-electron chi connectivity index (χ0n) is 13.3. The fourth-order valence-electron chi connectivity index (χ4n) is 1.91. The predicted molar refractivity (Wildman–Crippen MR) is 80.7 cm³/mol. The van der Waals surface area contributed by atoms with Gasteiger partial charge in [-0.15, -0.1) is 0 Å². The van der Waals surface area contributed by atoms with Gasteiger partial charge in [0.1, 0.15) is 5.60 Å². The summed E-state index contributed by atoms with van der Waals surface area (Å²) < 4.78 is 5.27. The Morgan fingerprint density at radius 2 is 1.90 bits per heavy atom. The van der Waals surface area contributed by atoms with Crippen molar-refractivity contribution in [3.8, 4) is 0 Å². The normalized spacial score (nSPS) is 11.1. The number of carboxylic acids is 1. The van der Waals surface area contributed by atoms with E-state index < -0.39 is 11.6 Å². The molecule has 0 aliphatic rings. The molecular formula is C16H23NO4. The third-order valence-corrected chi connectivity index (χ3v) is 3.10. The minimum atomic E-state index is -0.935. The molecule has 0 spiro atoms. The quantitative estimate of drug-likeness (QED) is 0.926.